The molecular weight excluding hydrogens is 705 g/mol. The van der Waals surface area contributed by atoms with Crippen LogP contribution in [0.1, 0.15) is 45.1 Å². The van der Waals surface area contributed by atoms with Crippen molar-refractivity contribution in [3.8, 4) is 11.1 Å². The van der Waals surface area contributed by atoms with Crippen molar-refractivity contribution < 1.29 is 0 Å². The quantitative estimate of drug-likeness (QED) is 0.177. The molecule has 0 bridgehead atoms. The summed E-state index contributed by atoms with van der Waals surface area (Å²) >= 11 is 0. The minimum Gasteiger partial charge on any atom is -0.438 e. The molecule has 12 rings (SSSR count). The predicted octanol–water partition coefficient (Wildman–Crippen LogP) is 13.4. The number of para-hydroxylation sites is 3. The molecule has 9 aromatic rings. The van der Waals surface area contributed by atoms with Crippen molar-refractivity contribution in [1.82, 2.24) is 0 Å². The van der Waals surface area contributed by atoms with Crippen LogP contribution in [0.4, 0.5) is 17.1 Å². The molecule has 58 heavy (non-hydrogen) atoms. The van der Waals surface area contributed by atoms with Crippen LogP contribution in [-0.2, 0) is 5.41 Å². The van der Waals surface area contributed by atoms with Gasteiger partial charge in [0.2, 0.25) is 0 Å². The van der Waals surface area contributed by atoms with Crippen LogP contribution < -0.4 is 4.90 Å². The molecule has 0 N–H and O–H groups in total. The van der Waals surface area contributed by atoms with Gasteiger partial charge in [0.1, 0.15) is 0 Å². The normalized spacial score (nSPS) is 15.9. The smallest absolute Gasteiger partial charge is 0.0822 e. The number of hydrogen-bond acceptors (Lipinski definition) is 3. The van der Waals surface area contributed by atoms with Gasteiger partial charge >= 0.3 is 0 Å². The zero-order valence-electron chi connectivity index (χ0n) is 31.5. The molecule has 0 amide bonds. The molecule has 1 unspecified atom stereocenters. The molecule has 0 saturated carbocycles. The monoisotopic (exact) mass is 739 g/mol. The molecule has 4 heteroatoms. The topological polar surface area (TPSA) is 42.1 Å². The van der Waals surface area contributed by atoms with E-state index in [-0.39, 0.29) is 0 Å². The Hall–Kier alpha value is -7.56. The maximum Gasteiger partial charge on any atom is 0.0822 e. The van der Waals surface area contributed by atoms with Gasteiger partial charge in [-0.1, -0.05) is 176 Å². The fraction of sp³-hybridized carbons (Fsp3) is 0.0370. The van der Waals surface area contributed by atoms with Crippen molar-refractivity contribution in [1.29, 1.82) is 0 Å². The first-order chi connectivity index (χ1) is 28.8. The van der Waals surface area contributed by atoms with E-state index in [4.69, 9.17) is 15.3 Å². The molecule has 0 fully saturated rings. The maximum atomic E-state index is 5.51. The lowest BCUT2D eigenvalue weighted by molar-refractivity contribution is 0.750. The zero-order chi connectivity index (χ0) is 38.2. The van der Waals surface area contributed by atoms with Crippen LogP contribution in [0.5, 0.6) is 0 Å². The molecule has 9 aromatic carbocycles. The third-order valence-corrected chi connectivity index (χ3v) is 12.2. The van der Waals surface area contributed by atoms with Gasteiger partial charge in [0.15, 0.2) is 0 Å². The van der Waals surface area contributed by atoms with E-state index in [2.05, 4.69) is 211 Å². The number of nitrogens with zero attached hydrogens (tertiary/aromatic N) is 4. The largest absolute Gasteiger partial charge is 0.438 e. The Morgan fingerprint density at radius 3 is 1.76 bits per heavy atom. The summed E-state index contributed by atoms with van der Waals surface area (Å²) in [4.78, 5) is 13.4. The van der Waals surface area contributed by atoms with Crippen molar-refractivity contribution in [2.45, 2.75) is 11.6 Å². The van der Waals surface area contributed by atoms with E-state index in [1.165, 1.54) is 44.2 Å². The summed E-state index contributed by atoms with van der Waals surface area (Å²) in [6, 6.07) is 74.2. The van der Waals surface area contributed by atoms with Crippen LogP contribution in [0.3, 0.4) is 0 Å². The highest BCUT2D eigenvalue weighted by molar-refractivity contribution is 6.20. The van der Waals surface area contributed by atoms with Crippen LogP contribution in [0.15, 0.2) is 216 Å². The molecule has 272 valence electrons. The van der Waals surface area contributed by atoms with Gasteiger partial charge in [-0.3, -0.25) is 4.99 Å². The van der Waals surface area contributed by atoms with Crippen molar-refractivity contribution in [3.05, 3.63) is 251 Å². The van der Waals surface area contributed by atoms with E-state index in [0.717, 1.165) is 44.5 Å². The summed E-state index contributed by atoms with van der Waals surface area (Å²) in [5.41, 5.74) is 13.1. The van der Waals surface area contributed by atoms with Gasteiger partial charge in [-0.05, 0) is 102 Å². The molecule has 1 aliphatic carbocycles. The van der Waals surface area contributed by atoms with Gasteiger partial charge in [-0.15, -0.1) is 0 Å². The average molecular weight is 740 g/mol. The lowest BCUT2D eigenvalue weighted by Gasteiger charge is -2.45. The van der Waals surface area contributed by atoms with Gasteiger partial charge in [0.25, 0.3) is 0 Å². The van der Waals surface area contributed by atoms with Gasteiger partial charge in [0, 0.05) is 11.3 Å². The third-order valence-electron chi connectivity index (χ3n) is 12.2. The molecular formula is C54H35N4-. The van der Waals surface area contributed by atoms with E-state index in [0.29, 0.717) is 11.7 Å². The van der Waals surface area contributed by atoms with Gasteiger partial charge < -0.3 is 15.2 Å². The van der Waals surface area contributed by atoms with Gasteiger partial charge in [-0.2, -0.15) is 0 Å². The Morgan fingerprint density at radius 2 is 1.02 bits per heavy atom. The highest BCUT2D eigenvalue weighted by Crippen LogP contribution is 2.64. The average Bonchev–Trinajstić information content (AvgIpc) is 3.60. The Kier molecular flexibility index (Phi) is 7.17. The van der Waals surface area contributed by atoms with Crippen molar-refractivity contribution >= 4 is 50.3 Å². The van der Waals surface area contributed by atoms with Crippen LogP contribution in [0, 0.1) is 0 Å². The van der Waals surface area contributed by atoms with Crippen LogP contribution >= 0.6 is 0 Å². The Balaban J connectivity index is 1.14. The summed E-state index contributed by atoms with van der Waals surface area (Å²) in [5.74, 6) is 1.36. The first-order valence-electron chi connectivity index (χ1n) is 19.9. The Morgan fingerprint density at radius 1 is 0.448 bits per heavy atom. The number of fused-ring (bicyclic) bond motifs is 11. The lowest BCUT2D eigenvalue weighted by atomic mass is 9.63. The van der Waals surface area contributed by atoms with Crippen molar-refractivity contribution in [2.24, 2.45) is 9.98 Å². The molecule has 2 aliphatic heterocycles. The second-order valence-corrected chi connectivity index (χ2v) is 15.3. The summed E-state index contributed by atoms with van der Waals surface area (Å²) in [6.07, 6.45) is -0.492. The molecule has 0 saturated heterocycles. The number of rotatable bonds is 4. The molecule has 1 spiro atoms. The van der Waals surface area contributed by atoms with E-state index < -0.39 is 11.6 Å². The zero-order valence-corrected chi connectivity index (χ0v) is 31.5. The molecule has 2 heterocycles. The highest BCUT2D eigenvalue weighted by atomic mass is 15.2. The van der Waals surface area contributed by atoms with E-state index in [1.54, 1.807) is 0 Å². The predicted molar refractivity (Wildman–Crippen MR) is 239 cm³/mol. The highest BCUT2D eigenvalue weighted by Gasteiger charge is 2.52. The SMILES string of the molecule is c1ccc(N2c3ccccc3C3(c4ccccc4-c4cccc(C5=NC(c6ccc7ccccc7c6)[N-]C(c6ccc7ccccc7c6)=N5)c43)c3ccccc32)cc1. The Labute approximate surface area is 337 Å². The van der Waals surface area contributed by atoms with Crippen LogP contribution in [-0.4, -0.2) is 11.7 Å². The first kappa shape index (κ1) is 32.7. The van der Waals surface area contributed by atoms with Crippen LogP contribution in [0.2, 0.25) is 0 Å². The van der Waals surface area contributed by atoms with Crippen LogP contribution in [0.25, 0.3) is 38.0 Å². The van der Waals surface area contributed by atoms with Gasteiger partial charge in [0.05, 0.1) is 28.8 Å². The summed E-state index contributed by atoms with van der Waals surface area (Å²) in [6.45, 7) is 0. The number of aliphatic imine (C=N–C) groups is 2. The summed E-state index contributed by atoms with van der Waals surface area (Å²) < 4.78 is 0. The lowest BCUT2D eigenvalue weighted by Crippen LogP contribution is -2.37. The molecule has 0 aromatic heterocycles. The number of amidine groups is 2. The fourth-order valence-corrected chi connectivity index (χ4v) is 9.74. The van der Waals surface area contributed by atoms with Gasteiger partial charge in [-0.25, -0.2) is 0 Å². The van der Waals surface area contributed by atoms with Crippen molar-refractivity contribution in [2.75, 3.05) is 4.90 Å². The number of anilines is 3. The maximum absolute atomic E-state index is 5.51. The molecule has 4 nitrogen and oxygen atoms in total. The third kappa shape index (κ3) is 4.75. The molecule has 3 aliphatic rings. The van der Waals surface area contributed by atoms with E-state index in [1.807, 2.05) is 0 Å². The summed E-state index contributed by atoms with van der Waals surface area (Å²) in [7, 11) is 0. The second-order valence-electron chi connectivity index (χ2n) is 15.3. The molecule has 0 radical (unpaired) electrons. The molecule has 1 atom stereocenters. The Bertz CT molecular complexity index is 3130. The summed E-state index contributed by atoms with van der Waals surface area (Å²) in [5, 5.41) is 10.0. The minimum absolute atomic E-state index is 0.492. The van der Waals surface area contributed by atoms with E-state index >= 15 is 0 Å². The van der Waals surface area contributed by atoms with E-state index in [9.17, 15) is 0 Å². The fourth-order valence-electron chi connectivity index (χ4n) is 9.74. The number of hydrogen-bond donors (Lipinski definition) is 0. The van der Waals surface area contributed by atoms with Crippen molar-refractivity contribution in [3.63, 3.8) is 0 Å². The first-order valence-corrected chi connectivity index (χ1v) is 19.9. The second kappa shape index (κ2) is 12.7. The number of benzene rings is 9. The standard InChI is InChI=1S/C54H35N4/c1-2-19-41(20-3-1)58-48-27-12-10-25-46(48)54(47-26-11-13-28-49(47)58)45-24-9-8-21-42(45)43-22-14-23-44(50(43)54)53-56-51(39-31-29-35-15-4-6-17-37(35)33-39)55-52(57-53)40-32-30-36-16-5-7-18-38(36)34-40/h1-34,51H/q-1. The minimum atomic E-state index is -0.658.